The lowest BCUT2D eigenvalue weighted by Gasteiger charge is -2.20. The molecule has 0 aromatic heterocycles. The standard InChI is InChI=1S/C18H21ClN2O4S/c1-25-15-9-7-14(8-10-15)13-21(26(2,23)24)12-11-18(22)20-17-6-4-3-5-16(17)19/h3-10H,11-13H2,1-2H3,(H,20,22). The molecule has 2 aromatic carbocycles. The number of hydrogen-bond acceptors (Lipinski definition) is 4. The summed E-state index contributed by atoms with van der Waals surface area (Å²) >= 11 is 6.00. The number of ether oxygens (including phenoxy) is 1. The van der Waals surface area contributed by atoms with Gasteiger partial charge in [0.1, 0.15) is 5.75 Å². The van der Waals surface area contributed by atoms with Gasteiger partial charge in [-0.2, -0.15) is 4.31 Å². The van der Waals surface area contributed by atoms with Crippen LogP contribution in [-0.2, 0) is 21.4 Å². The first-order chi connectivity index (χ1) is 12.3. The second-order valence-electron chi connectivity index (χ2n) is 5.72. The Balaban J connectivity index is 1.99. The monoisotopic (exact) mass is 396 g/mol. The molecule has 0 spiro atoms. The maximum absolute atomic E-state index is 12.1. The second-order valence-corrected chi connectivity index (χ2v) is 8.11. The molecule has 26 heavy (non-hydrogen) atoms. The highest BCUT2D eigenvalue weighted by atomic mass is 35.5. The molecule has 0 atom stereocenters. The summed E-state index contributed by atoms with van der Waals surface area (Å²) in [5.74, 6) is 0.389. The van der Waals surface area contributed by atoms with Gasteiger partial charge in [-0.25, -0.2) is 8.42 Å². The molecular weight excluding hydrogens is 376 g/mol. The van der Waals surface area contributed by atoms with E-state index < -0.39 is 10.0 Å². The molecule has 0 aliphatic rings. The first kappa shape index (κ1) is 20.2. The van der Waals surface area contributed by atoms with Crippen LogP contribution in [0.1, 0.15) is 12.0 Å². The van der Waals surface area contributed by atoms with Gasteiger partial charge < -0.3 is 10.1 Å². The van der Waals surface area contributed by atoms with Gasteiger partial charge in [0.05, 0.1) is 24.1 Å². The zero-order valence-corrected chi connectivity index (χ0v) is 16.2. The van der Waals surface area contributed by atoms with E-state index in [1.54, 1.807) is 55.6 Å². The number of para-hydroxylation sites is 1. The highest BCUT2D eigenvalue weighted by Gasteiger charge is 2.18. The van der Waals surface area contributed by atoms with Crippen molar-refractivity contribution in [3.63, 3.8) is 0 Å². The zero-order chi connectivity index (χ0) is 19.2. The average Bonchev–Trinajstić information content (AvgIpc) is 2.60. The smallest absolute Gasteiger partial charge is 0.225 e. The largest absolute Gasteiger partial charge is 0.497 e. The van der Waals surface area contributed by atoms with Gasteiger partial charge in [0.2, 0.25) is 15.9 Å². The van der Waals surface area contributed by atoms with Crippen molar-refractivity contribution in [2.24, 2.45) is 0 Å². The number of sulfonamides is 1. The van der Waals surface area contributed by atoms with Crippen molar-refractivity contribution in [1.82, 2.24) is 4.31 Å². The van der Waals surface area contributed by atoms with Crippen molar-refractivity contribution < 1.29 is 17.9 Å². The van der Waals surface area contributed by atoms with E-state index in [4.69, 9.17) is 16.3 Å². The van der Waals surface area contributed by atoms with Gasteiger partial charge in [0.15, 0.2) is 0 Å². The van der Waals surface area contributed by atoms with Crippen LogP contribution in [0, 0.1) is 0 Å². The second kappa shape index (κ2) is 9.02. The van der Waals surface area contributed by atoms with Crippen LogP contribution >= 0.6 is 11.6 Å². The van der Waals surface area contributed by atoms with E-state index in [1.807, 2.05) is 0 Å². The molecule has 0 heterocycles. The summed E-state index contributed by atoms with van der Waals surface area (Å²) in [4.78, 5) is 12.1. The van der Waals surface area contributed by atoms with E-state index >= 15 is 0 Å². The molecule has 0 radical (unpaired) electrons. The zero-order valence-electron chi connectivity index (χ0n) is 14.6. The number of hydrogen-bond donors (Lipinski definition) is 1. The molecule has 0 saturated carbocycles. The third-order valence-corrected chi connectivity index (χ3v) is 5.30. The Kier molecular flexibility index (Phi) is 7.02. The van der Waals surface area contributed by atoms with Gasteiger partial charge >= 0.3 is 0 Å². The molecule has 0 aliphatic heterocycles. The topological polar surface area (TPSA) is 75.7 Å². The van der Waals surface area contributed by atoms with Crippen molar-refractivity contribution in [2.75, 3.05) is 25.2 Å². The molecule has 0 aliphatic carbocycles. The van der Waals surface area contributed by atoms with Crippen molar-refractivity contribution in [3.05, 3.63) is 59.1 Å². The molecule has 140 valence electrons. The third-order valence-electron chi connectivity index (χ3n) is 3.72. The first-order valence-electron chi connectivity index (χ1n) is 7.92. The minimum Gasteiger partial charge on any atom is -0.497 e. The number of benzene rings is 2. The first-order valence-corrected chi connectivity index (χ1v) is 10.1. The number of amides is 1. The van der Waals surface area contributed by atoms with Gasteiger partial charge in [0.25, 0.3) is 0 Å². The van der Waals surface area contributed by atoms with Crippen LogP contribution in [0.4, 0.5) is 5.69 Å². The Bertz CT molecular complexity index is 854. The summed E-state index contributed by atoms with van der Waals surface area (Å²) in [6.07, 6.45) is 1.15. The third kappa shape index (κ3) is 6.01. The van der Waals surface area contributed by atoms with Gasteiger partial charge in [-0.05, 0) is 29.8 Å². The van der Waals surface area contributed by atoms with Crippen LogP contribution in [0.15, 0.2) is 48.5 Å². The van der Waals surface area contributed by atoms with Crippen molar-refractivity contribution in [2.45, 2.75) is 13.0 Å². The molecule has 8 heteroatoms. The molecule has 0 bridgehead atoms. The number of rotatable bonds is 8. The van der Waals surface area contributed by atoms with Crippen LogP contribution in [0.25, 0.3) is 0 Å². The number of carbonyl (C=O) groups excluding carboxylic acids is 1. The molecule has 2 rings (SSSR count). The number of anilines is 1. The minimum absolute atomic E-state index is 0.0223. The Morgan fingerprint density at radius 1 is 1.15 bits per heavy atom. The summed E-state index contributed by atoms with van der Waals surface area (Å²) in [5.41, 5.74) is 1.31. The lowest BCUT2D eigenvalue weighted by atomic mass is 10.2. The fourth-order valence-corrected chi connectivity index (χ4v) is 3.29. The summed E-state index contributed by atoms with van der Waals surface area (Å²) in [7, 11) is -1.89. The minimum atomic E-state index is -3.46. The summed E-state index contributed by atoms with van der Waals surface area (Å²) < 4.78 is 30.4. The fourth-order valence-electron chi connectivity index (χ4n) is 2.30. The molecule has 1 amide bonds. The van der Waals surface area contributed by atoms with Gasteiger partial charge in [-0.15, -0.1) is 0 Å². The summed E-state index contributed by atoms with van der Waals surface area (Å²) in [6.45, 7) is 0.253. The fraction of sp³-hybridized carbons (Fsp3) is 0.278. The molecule has 0 fully saturated rings. The summed E-state index contributed by atoms with van der Waals surface area (Å²) in [5, 5.41) is 3.12. The number of nitrogens with zero attached hydrogens (tertiary/aromatic N) is 1. The molecule has 1 N–H and O–H groups in total. The molecule has 0 unspecified atom stereocenters. The van der Waals surface area contributed by atoms with E-state index in [0.717, 1.165) is 11.8 Å². The van der Waals surface area contributed by atoms with Gasteiger partial charge in [-0.1, -0.05) is 35.9 Å². The lowest BCUT2D eigenvalue weighted by Crippen LogP contribution is -2.32. The van der Waals surface area contributed by atoms with E-state index in [1.165, 1.54) is 4.31 Å². The van der Waals surface area contributed by atoms with Crippen LogP contribution < -0.4 is 10.1 Å². The molecule has 0 saturated heterocycles. The summed E-state index contributed by atoms with van der Waals surface area (Å²) in [6, 6.07) is 14.0. The number of methoxy groups -OCH3 is 1. The lowest BCUT2D eigenvalue weighted by molar-refractivity contribution is -0.116. The molecule has 6 nitrogen and oxygen atoms in total. The highest BCUT2D eigenvalue weighted by molar-refractivity contribution is 7.88. The van der Waals surface area contributed by atoms with E-state index in [2.05, 4.69) is 5.32 Å². The molecular formula is C18H21ClN2O4S. The Morgan fingerprint density at radius 3 is 2.38 bits per heavy atom. The van der Waals surface area contributed by atoms with E-state index in [-0.39, 0.29) is 25.4 Å². The maximum atomic E-state index is 12.1. The average molecular weight is 397 g/mol. The van der Waals surface area contributed by atoms with Gasteiger partial charge in [0, 0.05) is 19.5 Å². The van der Waals surface area contributed by atoms with Crippen LogP contribution in [0.3, 0.4) is 0 Å². The van der Waals surface area contributed by atoms with E-state index in [9.17, 15) is 13.2 Å². The molecule has 2 aromatic rings. The Labute approximate surface area is 158 Å². The number of carbonyl (C=O) groups is 1. The van der Waals surface area contributed by atoms with Crippen LogP contribution in [0.2, 0.25) is 5.02 Å². The van der Waals surface area contributed by atoms with E-state index in [0.29, 0.717) is 16.5 Å². The quantitative estimate of drug-likeness (QED) is 0.743. The van der Waals surface area contributed by atoms with Crippen molar-refractivity contribution in [3.8, 4) is 5.75 Å². The predicted molar refractivity (Wildman–Crippen MR) is 103 cm³/mol. The SMILES string of the molecule is COc1ccc(CN(CCC(=O)Nc2ccccc2Cl)S(C)(=O)=O)cc1. The maximum Gasteiger partial charge on any atom is 0.225 e. The Hall–Kier alpha value is -2.09. The van der Waals surface area contributed by atoms with Crippen LogP contribution in [0.5, 0.6) is 5.75 Å². The Morgan fingerprint density at radius 2 is 1.81 bits per heavy atom. The van der Waals surface area contributed by atoms with Crippen molar-refractivity contribution in [1.29, 1.82) is 0 Å². The predicted octanol–water partition coefficient (Wildman–Crippen LogP) is 3.14. The van der Waals surface area contributed by atoms with Crippen LogP contribution in [-0.4, -0.2) is 38.5 Å². The number of halogens is 1. The highest BCUT2D eigenvalue weighted by Crippen LogP contribution is 2.20. The van der Waals surface area contributed by atoms with Gasteiger partial charge in [-0.3, -0.25) is 4.79 Å². The number of nitrogens with one attached hydrogen (secondary N) is 1. The normalized spacial score (nSPS) is 11.4. The van der Waals surface area contributed by atoms with Crippen molar-refractivity contribution >= 4 is 33.2 Å².